The van der Waals surface area contributed by atoms with Crippen molar-refractivity contribution < 1.29 is 14.6 Å². The quantitative estimate of drug-likeness (QED) is 0.831. The summed E-state index contributed by atoms with van der Waals surface area (Å²) in [7, 11) is 1.50. The summed E-state index contributed by atoms with van der Waals surface area (Å²) in [5.74, 6) is 0.394. The maximum Gasteiger partial charge on any atom is 0.256 e. The average molecular weight is 281 g/mol. The molecule has 21 heavy (non-hydrogen) atoms. The molecule has 3 rings (SSSR count). The second kappa shape index (κ2) is 4.98. The lowest BCUT2D eigenvalue weighted by Crippen LogP contribution is -2.03. The van der Waals surface area contributed by atoms with Gasteiger partial charge in [-0.2, -0.15) is 0 Å². The Morgan fingerprint density at radius 1 is 1.24 bits per heavy atom. The van der Waals surface area contributed by atoms with E-state index in [1.807, 2.05) is 30.3 Å². The molecule has 4 nitrogen and oxygen atoms in total. The summed E-state index contributed by atoms with van der Waals surface area (Å²) in [4.78, 5) is 12.1. The Kier molecular flexibility index (Phi) is 3.14. The molecule has 1 heterocycles. The number of rotatable bonds is 2. The molecule has 1 aliphatic rings. The van der Waals surface area contributed by atoms with Crippen LogP contribution in [-0.2, 0) is 4.79 Å². The number of amides is 1. The van der Waals surface area contributed by atoms with Crippen LogP contribution in [-0.4, -0.2) is 18.1 Å². The molecule has 0 fully saturated rings. The molecule has 4 heteroatoms. The van der Waals surface area contributed by atoms with Gasteiger partial charge >= 0.3 is 0 Å². The van der Waals surface area contributed by atoms with E-state index in [4.69, 9.17) is 4.74 Å². The number of hydrogen-bond donors (Lipinski definition) is 2. The van der Waals surface area contributed by atoms with Crippen molar-refractivity contribution in [1.29, 1.82) is 0 Å². The number of phenolic OH excluding ortho intramolecular Hbond substituents is 1. The minimum Gasteiger partial charge on any atom is -0.504 e. The van der Waals surface area contributed by atoms with Crippen LogP contribution >= 0.6 is 0 Å². The Labute approximate surface area is 122 Å². The number of carbonyl (C=O) groups is 1. The number of aromatic hydroxyl groups is 1. The number of hydrogen-bond acceptors (Lipinski definition) is 3. The molecule has 0 atom stereocenters. The van der Waals surface area contributed by atoms with E-state index in [2.05, 4.69) is 5.32 Å². The predicted molar refractivity (Wildman–Crippen MR) is 82.3 cm³/mol. The molecule has 0 saturated carbocycles. The smallest absolute Gasteiger partial charge is 0.256 e. The van der Waals surface area contributed by atoms with E-state index in [1.165, 1.54) is 7.11 Å². The molecule has 0 unspecified atom stereocenters. The lowest BCUT2D eigenvalue weighted by molar-refractivity contribution is -0.110. The van der Waals surface area contributed by atoms with E-state index in [0.29, 0.717) is 16.9 Å². The minimum absolute atomic E-state index is 0.121. The molecule has 2 aromatic carbocycles. The van der Waals surface area contributed by atoms with Gasteiger partial charge in [0.05, 0.1) is 7.11 Å². The summed E-state index contributed by atoms with van der Waals surface area (Å²) >= 11 is 0. The average Bonchev–Trinajstić information content (AvgIpc) is 2.79. The van der Waals surface area contributed by atoms with Crippen molar-refractivity contribution in [2.24, 2.45) is 0 Å². The van der Waals surface area contributed by atoms with Gasteiger partial charge in [-0.1, -0.05) is 18.2 Å². The predicted octanol–water partition coefficient (Wildman–Crippen LogP) is 3.20. The van der Waals surface area contributed by atoms with Crippen LogP contribution in [0.5, 0.6) is 11.5 Å². The van der Waals surface area contributed by atoms with Crippen LogP contribution in [0.1, 0.15) is 16.7 Å². The Hall–Kier alpha value is -2.75. The molecule has 106 valence electrons. The number of carbonyl (C=O) groups excluding carboxylic acids is 1. The van der Waals surface area contributed by atoms with Crippen LogP contribution in [0.15, 0.2) is 36.4 Å². The zero-order valence-corrected chi connectivity index (χ0v) is 11.8. The number of ether oxygens (including phenoxy) is 1. The molecule has 0 saturated heterocycles. The van der Waals surface area contributed by atoms with Crippen LogP contribution in [0, 0.1) is 6.92 Å². The summed E-state index contributed by atoms with van der Waals surface area (Å²) < 4.78 is 5.15. The highest BCUT2D eigenvalue weighted by molar-refractivity contribution is 6.34. The van der Waals surface area contributed by atoms with Crippen molar-refractivity contribution >= 4 is 23.2 Å². The van der Waals surface area contributed by atoms with Crippen molar-refractivity contribution in [3.05, 3.63) is 53.1 Å². The zero-order chi connectivity index (χ0) is 15.0. The summed E-state index contributed by atoms with van der Waals surface area (Å²) in [5.41, 5.74) is 3.82. The number of benzene rings is 2. The summed E-state index contributed by atoms with van der Waals surface area (Å²) in [6, 6.07) is 11.1. The Bertz CT molecular complexity index is 763. The van der Waals surface area contributed by atoms with Gasteiger partial charge < -0.3 is 15.2 Å². The third-order valence-corrected chi connectivity index (χ3v) is 3.53. The first-order valence-corrected chi connectivity index (χ1v) is 6.60. The Morgan fingerprint density at radius 3 is 2.76 bits per heavy atom. The molecule has 1 aliphatic heterocycles. The normalized spacial score (nSPS) is 15.0. The molecule has 2 N–H and O–H groups in total. The van der Waals surface area contributed by atoms with Gasteiger partial charge in [-0.3, -0.25) is 4.79 Å². The SMILES string of the molecule is COc1cc(/C=C2\C(=O)Nc3ccccc32)cc(C)c1O. The van der Waals surface area contributed by atoms with Gasteiger partial charge in [0.1, 0.15) is 0 Å². The zero-order valence-electron chi connectivity index (χ0n) is 11.8. The molecule has 0 radical (unpaired) electrons. The van der Waals surface area contributed by atoms with Gasteiger partial charge in [0.25, 0.3) is 5.91 Å². The van der Waals surface area contributed by atoms with Gasteiger partial charge in [-0.25, -0.2) is 0 Å². The highest BCUT2D eigenvalue weighted by Gasteiger charge is 2.23. The Morgan fingerprint density at radius 2 is 2.00 bits per heavy atom. The van der Waals surface area contributed by atoms with Gasteiger partial charge in [0.15, 0.2) is 11.5 Å². The van der Waals surface area contributed by atoms with Crippen molar-refractivity contribution in [3.63, 3.8) is 0 Å². The summed E-state index contributed by atoms with van der Waals surface area (Å²) in [6.45, 7) is 1.79. The number of nitrogens with one attached hydrogen (secondary N) is 1. The van der Waals surface area contributed by atoms with Crippen LogP contribution in [0.2, 0.25) is 0 Å². The fraction of sp³-hybridized carbons (Fsp3) is 0.118. The largest absolute Gasteiger partial charge is 0.504 e. The summed E-state index contributed by atoms with van der Waals surface area (Å²) in [5, 5.41) is 12.7. The third-order valence-electron chi connectivity index (χ3n) is 3.53. The van der Waals surface area contributed by atoms with Crippen molar-refractivity contribution in [2.45, 2.75) is 6.92 Å². The summed E-state index contributed by atoms with van der Waals surface area (Å²) in [6.07, 6.45) is 1.80. The molecule has 0 aromatic heterocycles. The standard InChI is InChI=1S/C17H15NO3/c1-10-7-11(9-15(21-2)16(10)19)8-13-12-5-3-4-6-14(12)18-17(13)20/h3-9,19H,1-2H3,(H,18,20)/b13-8-. The molecule has 0 aliphatic carbocycles. The fourth-order valence-electron chi connectivity index (χ4n) is 2.46. The van der Waals surface area contributed by atoms with Crippen LogP contribution in [0.3, 0.4) is 0 Å². The number of methoxy groups -OCH3 is 1. The first-order chi connectivity index (χ1) is 10.1. The second-order valence-corrected chi connectivity index (χ2v) is 4.95. The number of aryl methyl sites for hydroxylation is 1. The topological polar surface area (TPSA) is 58.6 Å². The Balaban J connectivity index is 2.11. The minimum atomic E-state index is -0.124. The molecule has 2 aromatic rings. The van der Waals surface area contributed by atoms with Crippen LogP contribution in [0.25, 0.3) is 11.6 Å². The number of fused-ring (bicyclic) bond motifs is 1. The third kappa shape index (κ3) is 2.25. The highest BCUT2D eigenvalue weighted by Crippen LogP contribution is 2.35. The van der Waals surface area contributed by atoms with E-state index in [9.17, 15) is 9.90 Å². The molecule has 1 amide bonds. The lowest BCUT2D eigenvalue weighted by Gasteiger charge is -2.08. The molecule has 0 spiro atoms. The first-order valence-electron chi connectivity index (χ1n) is 6.60. The second-order valence-electron chi connectivity index (χ2n) is 4.95. The molecular weight excluding hydrogens is 266 g/mol. The van der Waals surface area contributed by atoms with E-state index < -0.39 is 0 Å². The van der Waals surface area contributed by atoms with Crippen molar-refractivity contribution in [1.82, 2.24) is 0 Å². The first kappa shape index (κ1) is 13.2. The van der Waals surface area contributed by atoms with Crippen molar-refractivity contribution in [3.8, 4) is 11.5 Å². The maximum absolute atomic E-state index is 12.1. The van der Waals surface area contributed by atoms with Gasteiger partial charge in [-0.05, 0) is 42.3 Å². The maximum atomic E-state index is 12.1. The number of phenols is 1. The van der Waals surface area contributed by atoms with Gasteiger partial charge in [0, 0.05) is 16.8 Å². The van der Waals surface area contributed by atoms with E-state index in [-0.39, 0.29) is 11.7 Å². The fourth-order valence-corrected chi connectivity index (χ4v) is 2.46. The van der Waals surface area contributed by atoms with Gasteiger partial charge in [0.2, 0.25) is 0 Å². The molecular formula is C17H15NO3. The molecule has 0 bridgehead atoms. The lowest BCUT2D eigenvalue weighted by atomic mass is 10.0. The van der Waals surface area contributed by atoms with Crippen LogP contribution < -0.4 is 10.1 Å². The highest BCUT2D eigenvalue weighted by atomic mass is 16.5. The number of para-hydroxylation sites is 1. The van der Waals surface area contributed by atoms with E-state index in [0.717, 1.165) is 16.8 Å². The van der Waals surface area contributed by atoms with Gasteiger partial charge in [-0.15, -0.1) is 0 Å². The van der Waals surface area contributed by atoms with E-state index in [1.54, 1.807) is 19.1 Å². The van der Waals surface area contributed by atoms with E-state index >= 15 is 0 Å². The number of anilines is 1. The van der Waals surface area contributed by atoms with Crippen LogP contribution in [0.4, 0.5) is 5.69 Å². The monoisotopic (exact) mass is 281 g/mol. The van der Waals surface area contributed by atoms with Crippen molar-refractivity contribution in [2.75, 3.05) is 12.4 Å².